The Labute approximate surface area is 90.8 Å². The second-order valence-corrected chi connectivity index (χ2v) is 3.73. The lowest BCUT2D eigenvalue weighted by Gasteiger charge is -2.24. The van der Waals surface area contributed by atoms with Crippen molar-refractivity contribution in [2.75, 3.05) is 26.2 Å². The summed E-state index contributed by atoms with van der Waals surface area (Å²) in [7, 11) is 0. The van der Waals surface area contributed by atoms with Crippen molar-refractivity contribution in [2.24, 2.45) is 0 Å². The predicted octanol–water partition coefficient (Wildman–Crippen LogP) is 0.0309. The van der Waals surface area contributed by atoms with E-state index < -0.39 is 0 Å². The monoisotopic (exact) mass is 213 g/mol. The van der Waals surface area contributed by atoms with Gasteiger partial charge >= 0.3 is 0 Å². The maximum Gasteiger partial charge on any atom is 0.234 e. The van der Waals surface area contributed by atoms with Gasteiger partial charge in [0.25, 0.3) is 0 Å². The van der Waals surface area contributed by atoms with Gasteiger partial charge in [0.05, 0.1) is 18.2 Å². The van der Waals surface area contributed by atoms with E-state index in [2.05, 4.69) is 10.6 Å². The van der Waals surface area contributed by atoms with E-state index in [9.17, 15) is 4.79 Å². The molecule has 5 nitrogen and oxygen atoms in total. The number of nitrogens with zero attached hydrogens (tertiary/aromatic N) is 1. The standard InChI is InChI=1S/C10H19N3O2/c1-4-15-10(2,3)8-12-7-9(14)13-6-5-11/h12H,4,6-8H2,1-3H3,(H,13,14). The molecule has 0 rings (SSSR count). The lowest BCUT2D eigenvalue weighted by atomic mass is 10.1. The van der Waals surface area contributed by atoms with E-state index >= 15 is 0 Å². The van der Waals surface area contributed by atoms with Crippen LogP contribution in [0.3, 0.4) is 0 Å². The van der Waals surface area contributed by atoms with Gasteiger partial charge in [0.15, 0.2) is 0 Å². The van der Waals surface area contributed by atoms with Crippen LogP contribution in [0.1, 0.15) is 20.8 Å². The van der Waals surface area contributed by atoms with Crippen LogP contribution in [-0.4, -0.2) is 37.7 Å². The summed E-state index contributed by atoms with van der Waals surface area (Å²) in [5, 5.41) is 13.7. The number of amides is 1. The highest BCUT2D eigenvalue weighted by atomic mass is 16.5. The number of ether oxygens (including phenoxy) is 1. The number of rotatable bonds is 7. The summed E-state index contributed by atoms with van der Waals surface area (Å²) < 4.78 is 5.45. The first kappa shape index (κ1) is 13.9. The average molecular weight is 213 g/mol. The third-order valence-electron chi connectivity index (χ3n) is 1.74. The van der Waals surface area contributed by atoms with Crippen LogP contribution < -0.4 is 10.6 Å². The van der Waals surface area contributed by atoms with Crippen LogP contribution in [0.15, 0.2) is 0 Å². The van der Waals surface area contributed by atoms with E-state index in [1.807, 2.05) is 26.8 Å². The third kappa shape index (κ3) is 7.91. The second kappa shape index (κ2) is 7.21. The number of carbonyl (C=O) groups excluding carboxylic acids is 1. The molecule has 0 radical (unpaired) electrons. The zero-order valence-electron chi connectivity index (χ0n) is 9.59. The maximum atomic E-state index is 11.1. The van der Waals surface area contributed by atoms with Crippen LogP contribution in [0.4, 0.5) is 0 Å². The number of nitriles is 1. The van der Waals surface area contributed by atoms with Crippen LogP contribution in [0.25, 0.3) is 0 Å². The van der Waals surface area contributed by atoms with Crippen molar-refractivity contribution in [3.8, 4) is 6.07 Å². The molecule has 1 amide bonds. The van der Waals surface area contributed by atoms with Crippen molar-refractivity contribution >= 4 is 5.91 Å². The van der Waals surface area contributed by atoms with Crippen LogP contribution in [0.5, 0.6) is 0 Å². The van der Waals surface area contributed by atoms with E-state index in [4.69, 9.17) is 10.00 Å². The lowest BCUT2D eigenvalue weighted by Crippen LogP contribution is -2.42. The van der Waals surface area contributed by atoms with Gasteiger partial charge in [-0.2, -0.15) is 5.26 Å². The van der Waals surface area contributed by atoms with Crippen molar-refractivity contribution in [1.29, 1.82) is 5.26 Å². The van der Waals surface area contributed by atoms with Gasteiger partial charge in [-0.1, -0.05) is 0 Å². The fourth-order valence-electron chi connectivity index (χ4n) is 1.12. The maximum absolute atomic E-state index is 11.1. The summed E-state index contributed by atoms with van der Waals surface area (Å²) in [4.78, 5) is 11.1. The Balaban J connectivity index is 3.61. The minimum atomic E-state index is -0.274. The molecule has 0 aliphatic carbocycles. The number of hydrogen-bond acceptors (Lipinski definition) is 4. The van der Waals surface area contributed by atoms with Crippen LogP contribution in [-0.2, 0) is 9.53 Å². The van der Waals surface area contributed by atoms with E-state index in [0.29, 0.717) is 13.2 Å². The molecule has 0 bridgehead atoms. The van der Waals surface area contributed by atoms with Crippen molar-refractivity contribution in [3.05, 3.63) is 0 Å². The van der Waals surface area contributed by atoms with Crippen molar-refractivity contribution in [2.45, 2.75) is 26.4 Å². The molecule has 0 aromatic heterocycles. The quantitative estimate of drug-likeness (QED) is 0.585. The summed E-state index contributed by atoms with van der Waals surface area (Å²) in [6.45, 7) is 7.35. The molecule has 0 atom stereocenters. The molecule has 0 saturated carbocycles. The fraction of sp³-hybridized carbons (Fsp3) is 0.800. The molecule has 0 aromatic carbocycles. The van der Waals surface area contributed by atoms with Gasteiger partial charge in [-0.15, -0.1) is 0 Å². The summed E-state index contributed by atoms with van der Waals surface area (Å²) in [6, 6.07) is 1.84. The minimum absolute atomic E-state index is 0.0510. The van der Waals surface area contributed by atoms with E-state index in [1.54, 1.807) is 0 Å². The summed E-state index contributed by atoms with van der Waals surface area (Å²) >= 11 is 0. The van der Waals surface area contributed by atoms with Gasteiger partial charge in [0.1, 0.15) is 6.54 Å². The molecule has 0 fully saturated rings. The predicted molar refractivity (Wildman–Crippen MR) is 57.2 cm³/mol. The molecule has 86 valence electrons. The van der Waals surface area contributed by atoms with Gasteiger partial charge in [-0.25, -0.2) is 0 Å². The highest BCUT2D eigenvalue weighted by Crippen LogP contribution is 2.06. The molecule has 0 aromatic rings. The lowest BCUT2D eigenvalue weighted by molar-refractivity contribution is -0.120. The number of nitrogens with one attached hydrogen (secondary N) is 2. The van der Waals surface area contributed by atoms with Crippen molar-refractivity contribution in [1.82, 2.24) is 10.6 Å². The summed E-state index contributed by atoms with van der Waals surface area (Å²) in [5.41, 5.74) is -0.274. The molecule has 0 heterocycles. The molecule has 0 aliphatic rings. The fourth-order valence-corrected chi connectivity index (χ4v) is 1.12. The molecule has 0 aliphatic heterocycles. The Bertz CT molecular complexity index is 233. The smallest absolute Gasteiger partial charge is 0.234 e. The number of carbonyl (C=O) groups is 1. The molecule has 15 heavy (non-hydrogen) atoms. The molecule has 0 spiro atoms. The molecular formula is C10H19N3O2. The van der Waals surface area contributed by atoms with Crippen molar-refractivity contribution < 1.29 is 9.53 Å². The van der Waals surface area contributed by atoms with E-state index in [0.717, 1.165) is 0 Å². The van der Waals surface area contributed by atoms with E-state index in [-0.39, 0.29) is 24.6 Å². The topological polar surface area (TPSA) is 74.2 Å². The minimum Gasteiger partial charge on any atom is -0.375 e. The second-order valence-electron chi connectivity index (χ2n) is 3.73. The summed E-state index contributed by atoms with van der Waals surface area (Å²) in [5.74, 6) is -0.177. The van der Waals surface area contributed by atoms with Gasteiger partial charge in [-0.3, -0.25) is 4.79 Å². The summed E-state index contributed by atoms with van der Waals surface area (Å²) in [6.07, 6.45) is 0. The molecular weight excluding hydrogens is 194 g/mol. The zero-order valence-corrected chi connectivity index (χ0v) is 9.59. The van der Waals surface area contributed by atoms with Crippen LogP contribution in [0.2, 0.25) is 0 Å². The Hall–Kier alpha value is -1.12. The molecule has 0 unspecified atom stereocenters. The first-order valence-electron chi connectivity index (χ1n) is 5.00. The van der Waals surface area contributed by atoms with Crippen molar-refractivity contribution in [3.63, 3.8) is 0 Å². The Morgan fingerprint density at radius 2 is 2.20 bits per heavy atom. The number of hydrogen-bond donors (Lipinski definition) is 2. The Morgan fingerprint density at radius 1 is 1.53 bits per heavy atom. The van der Waals surface area contributed by atoms with Crippen LogP contribution in [0, 0.1) is 11.3 Å². The van der Waals surface area contributed by atoms with Gasteiger partial charge < -0.3 is 15.4 Å². The molecule has 5 heteroatoms. The third-order valence-corrected chi connectivity index (χ3v) is 1.74. The van der Waals surface area contributed by atoms with E-state index in [1.165, 1.54) is 0 Å². The SMILES string of the molecule is CCOC(C)(C)CNCC(=O)NCC#N. The highest BCUT2D eigenvalue weighted by molar-refractivity contribution is 5.78. The van der Waals surface area contributed by atoms with Crippen LogP contribution >= 0.6 is 0 Å². The van der Waals surface area contributed by atoms with Gasteiger partial charge in [-0.05, 0) is 20.8 Å². The largest absolute Gasteiger partial charge is 0.375 e. The van der Waals surface area contributed by atoms with Gasteiger partial charge in [0.2, 0.25) is 5.91 Å². The molecule has 2 N–H and O–H groups in total. The zero-order chi connectivity index (χ0) is 11.7. The molecule has 0 saturated heterocycles. The Morgan fingerprint density at radius 3 is 2.73 bits per heavy atom. The normalized spacial score (nSPS) is 10.8. The first-order chi connectivity index (χ1) is 7.02. The van der Waals surface area contributed by atoms with Gasteiger partial charge in [0, 0.05) is 13.2 Å². The average Bonchev–Trinajstić information content (AvgIpc) is 2.14. The Kier molecular flexibility index (Phi) is 6.67. The highest BCUT2D eigenvalue weighted by Gasteiger charge is 2.16. The first-order valence-corrected chi connectivity index (χ1v) is 5.00.